The van der Waals surface area contributed by atoms with E-state index in [-0.39, 0.29) is 11.8 Å². The molecule has 2 amide bonds. The number of benzene rings is 5. The summed E-state index contributed by atoms with van der Waals surface area (Å²) >= 11 is 0. The third kappa shape index (κ3) is 3.98. The van der Waals surface area contributed by atoms with Crippen LogP contribution in [0.3, 0.4) is 0 Å². The molecule has 3 heterocycles. The van der Waals surface area contributed by atoms with Crippen molar-refractivity contribution < 1.29 is 19.1 Å². The number of anilines is 1. The Morgan fingerprint density at radius 3 is 2.02 bits per heavy atom. The van der Waals surface area contributed by atoms with Gasteiger partial charge >= 0.3 is 5.97 Å². The molecule has 6 nitrogen and oxygen atoms in total. The van der Waals surface area contributed by atoms with Gasteiger partial charge < -0.3 is 9.64 Å². The number of carbonyl (C=O) groups is 3. The molecule has 0 N–H and O–H groups in total. The van der Waals surface area contributed by atoms with Crippen LogP contribution < -0.4 is 4.90 Å². The van der Waals surface area contributed by atoms with Gasteiger partial charge in [0, 0.05) is 11.6 Å². The lowest BCUT2D eigenvalue weighted by atomic mass is 9.84. The van der Waals surface area contributed by atoms with Crippen molar-refractivity contribution >= 4 is 40.3 Å². The normalized spacial score (nSPS) is 21.8. The molecule has 0 aliphatic carbocycles. The Morgan fingerprint density at radius 1 is 0.659 bits per heavy atom. The monoisotopic (exact) mass is 576 g/mol. The summed E-state index contributed by atoms with van der Waals surface area (Å²) in [6, 6.07) is 38.9. The summed E-state index contributed by atoms with van der Waals surface area (Å²) in [6.07, 6.45) is 3.11. The first-order valence-corrected chi connectivity index (χ1v) is 14.8. The van der Waals surface area contributed by atoms with Crippen LogP contribution in [-0.4, -0.2) is 28.7 Å². The largest absolute Gasteiger partial charge is 0.451 e. The molecule has 0 aromatic heterocycles. The third-order valence-corrected chi connectivity index (χ3v) is 9.15. The van der Waals surface area contributed by atoms with Crippen molar-refractivity contribution in [3.05, 3.63) is 156 Å². The second-order valence-electron chi connectivity index (χ2n) is 11.5. The molecule has 2 fully saturated rings. The van der Waals surface area contributed by atoms with E-state index in [2.05, 4.69) is 0 Å². The van der Waals surface area contributed by atoms with E-state index in [1.54, 1.807) is 6.07 Å². The zero-order valence-corrected chi connectivity index (χ0v) is 23.7. The Kier molecular flexibility index (Phi) is 6.15. The molecule has 8 rings (SSSR count). The van der Waals surface area contributed by atoms with Gasteiger partial charge in [-0.25, -0.2) is 9.69 Å². The first-order valence-electron chi connectivity index (χ1n) is 14.8. The average Bonchev–Trinajstić information content (AvgIpc) is 3.56. The first kappa shape index (κ1) is 26.2. The van der Waals surface area contributed by atoms with Crippen LogP contribution in [0.4, 0.5) is 5.69 Å². The molecular weight excluding hydrogens is 548 g/mol. The van der Waals surface area contributed by atoms with Gasteiger partial charge in [0.05, 0.1) is 23.6 Å². The number of amides is 2. The Balaban J connectivity index is 1.24. The average molecular weight is 577 g/mol. The van der Waals surface area contributed by atoms with E-state index in [0.29, 0.717) is 5.69 Å². The quantitative estimate of drug-likeness (QED) is 0.172. The van der Waals surface area contributed by atoms with Crippen molar-refractivity contribution in [2.45, 2.75) is 18.2 Å². The molecule has 2 saturated heterocycles. The summed E-state index contributed by atoms with van der Waals surface area (Å²) in [7, 11) is 0. The van der Waals surface area contributed by atoms with Gasteiger partial charge in [-0.15, -0.1) is 0 Å². The minimum atomic E-state index is -0.985. The molecule has 0 saturated carbocycles. The molecule has 0 bridgehead atoms. The molecule has 44 heavy (non-hydrogen) atoms. The summed E-state index contributed by atoms with van der Waals surface area (Å²) in [5.41, 5.74) is 4.07. The van der Waals surface area contributed by atoms with E-state index in [0.717, 1.165) is 33.0 Å². The van der Waals surface area contributed by atoms with Crippen LogP contribution in [0.25, 0.3) is 16.8 Å². The SMILES string of the molecule is O=C(OC(c1ccccc1)c1ccccc1)[C@@H]1[C@@H]2C(=O)N(c3cccc4ccccc34)C(=O)[C@@H]2C2c3ccccc3C=CN21. The summed E-state index contributed by atoms with van der Waals surface area (Å²) in [6.45, 7) is 0. The lowest BCUT2D eigenvalue weighted by Gasteiger charge is -2.35. The van der Waals surface area contributed by atoms with E-state index in [9.17, 15) is 14.4 Å². The number of esters is 1. The van der Waals surface area contributed by atoms with Crippen LogP contribution in [-0.2, 0) is 19.1 Å². The van der Waals surface area contributed by atoms with Crippen molar-refractivity contribution in [3.8, 4) is 0 Å². The summed E-state index contributed by atoms with van der Waals surface area (Å²) in [5.74, 6) is -2.88. The zero-order chi connectivity index (χ0) is 29.8. The molecule has 0 spiro atoms. The maximum atomic E-state index is 14.5. The van der Waals surface area contributed by atoms with Crippen molar-refractivity contribution in [3.63, 3.8) is 0 Å². The van der Waals surface area contributed by atoms with Crippen LogP contribution >= 0.6 is 0 Å². The van der Waals surface area contributed by atoms with Crippen molar-refractivity contribution in [1.82, 2.24) is 4.90 Å². The minimum Gasteiger partial charge on any atom is -0.451 e. The number of fused-ring (bicyclic) bond motifs is 6. The van der Waals surface area contributed by atoms with Crippen LogP contribution in [0.2, 0.25) is 0 Å². The molecular formula is C38H28N2O4. The van der Waals surface area contributed by atoms with Crippen LogP contribution in [0.5, 0.6) is 0 Å². The van der Waals surface area contributed by atoms with Gasteiger partial charge in [-0.3, -0.25) is 9.59 Å². The molecule has 3 aliphatic heterocycles. The number of ether oxygens (including phenoxy) is 1. The molecule has 4 atom stereocenters. The highest BCUT2D eigenvalue weighted by atomic mass is 16.5. The maximum absolute atomic E-state index is 14.5. The third-order valence-electron chi connectivity index (χ3n) is 9.15. The molecule has 0 radical (unpaired) electrons. The standard InChI is InChI=1S/C38H28N2O4/c41-36-31-32(37(42)40(36)30-21-11-18-24-12-7-9-19-28(24)30)34(39-23-22-25-13-8-10-20-29(25)33(31)39)38(43)44-35(26-14-3-1-4-15-26)27-16-5-2-6-17-27/h1-23,31-35H/t31-,32+,33?,34-/m0/s1. The molecule has 6 heteroatoms. The van der Waals surface area contributed by atoms with Crippen LogP contribution in [0.1, 0.15) is 34.4 Å². The van der Waals surface area contributed by atoms with E-state index in [1.165, 1.54) is 4.90 Å². The van der Waals surface area contributed by atoms with Gasteiger partial charge in [-0.1, -0.05) is 121 Å². The molecule has 5 aromatic rings. The van der Waals surface area contributed by atoms with Gasteiger partial charge in [0.25, 0.3) is 0 Å². The van der Waals surface area contributed by atoms with Gasteiger partial charge in [0.1, 0.15) is 6.04 Å². The highest BCUT2D eigenvalue weighted by Crippen LogP contribution is 2.54. The van der Waals surface area contributed by atoms with Gasteiger partial charge in [-0.2, -0.15) is 0 Å². The highest BCUT2D eigenvalue weighted by molar-refractivity contribution is 6.26. The summed E-state index contributed by atoms with van der Waals surface area (Å²) in [5, 5.41) is 1.74. The molecule has 1 unspecified atom stereocenters. The minimum absolute atomic E-state index is 0.297. The topological polar surface area (TPSA) is 66.9 Å². The lowest BCUT2D eigenvalue weighted by molar-refractivity contribution is -0.155. The Morgan fingerprint density at radius 2 is 1.27 bits per heavy atom. The fraction of sp³-hybridized carbons (Fsp3) is 0.132. The number of imide groups is 1. The maximum Gasteiger partial charge on any atom is 0.330 e. The summed E-state index contributed by atoms with van der Waals surface area (Å²) < 4.78 is 6.35. The molecule has 3 aliphatic rings. The van der Waals surface area contributed by atoms with E-state index < -0.39 is 36.0 Å². The van der Waals surface area contributed by atoms with E-state index in [1.807, 2.05) is 139 Å². The first-order chi connectivity index (χ1) is 21.6. The van der Waals surface area contributed by atoms with Gasteiger partial charge in [0.15, 0.2) is 6.10 Å². The Labute approximate surface area is 254 Å². The zero-order valence-electron chi connectivity index (χ0n) is 23.7. The Hall–Kier alpha value is -5.49. The van der Waals surface area contributed by atoms with Crippen LogP contribution in [0.15, 0.2) is 134 Å². The van der Waals surface area contributed by atoms with E-state index >= 15 is 0 Å². The lowest BCUT2D eigenvalue weighted by Crippen LogP contribution is -2.45. The van der Waals surface area contributed by atoms with Gasteiger partial charge in [-0.05, 0) is 39.8 Å². The highest BCUT2D eigenvalue weighted by Gasteiger charge is 2.65. The second-order valence-corrected chi connectivity index (χ2v) is 11.5. The van der Waals surface area contributed by atoms with Gasteiger partial charge in [0.2, 0.25) is 11.8 Å². The predicted octanol–water partition coefficient (Wildman–Crippen LogP) is 6.69. The van der Waals surface area contributed by atoms with Crippen molar-refractivity contribution in [2.75, 3.05) is 4.90 Å². The smallest absolute Gasteiger partial charge is 0.330 e. The number of hydrogen-bond donors (Lipinski definition) is 0. The van der Waals surface area contributed by atoms with Crippen molar-refractivity contribution in [2.24, 2.45) is 11.8 Å². The molecule has 214 valence electrons. The number of nitrogens with zero attached hydrogens (tertiary/aromatic N) is 2. The summed E-state index contributed by atoms with van der Waals surface area (Å²) in [4.78, 5) is 46.6. The number of rotatable bonds is 5. The number of carbonyl (C=O) groups excluding carboxylic acids is 3. The Bertz CT molecular complexity index is 1910. The fourth-order valence-corrected chi connectivity index (χ4v) is 7.24. The second kappa shape index (κ2) is 10.3. The fourth-order valence-electron chi connectivity index (χ4n) is 7.24. The number of hydrogen-bond acceptors (Lipinski definition) is 5. The van der Waals surface area contributed by atoms with E-state index in [4.69, 9.17) is 4.74 Å². The predicted molar refractivity (Wildman–Crippen MR) is 168 cm³/mol. The van der Waals surface area contributed by atoms with Crippen LogP contribution in [0, 0.1) is 11.8 Å². The molecule has 5 aromatic carbocycles. The van der Waals surface area contributed by atoms with Crippen molar-refractivity contribution in [1.29, 1.82) is 0 Å².